The molecule has 59 heavy (non-hydrogen) atoms. The van der Waals surface area contributed by atoms with Crippen LogP contribution in [-0.2, 0) is 24.6 Å². The van der Waals surface area contributed by atoms with Crippen molar-refractivity contribution in [1.29, 1.82) is 0 Å². The van der Waals surface area contributed by atoms with Gasteiger partial charge in [-0.15, -0.1) is 0 Å². The molecule has 0 spiro atoms. The standard InChI is InChI=1S/C48H41N3O8/c1-27-14-18-31(19-15-27)49-51-45(55)37-26-36-34(42(41-38(52)24-33(58-2)25-39(41)59-3)48(37,47(51)57)30-12-8-5-9-13-30)22-23-35-40(36)46(56)50(44(35)54)32-20-16-29(17-21-32)43(53)28-10-6-4-7-11-28/h4-22,24-25,35-37,40,42,49,52H,23,26H2,1-3H3. The van der Waals surface area contributed by atoms with Gasteiger partial charge in [-0.05, 0) is 67.6 Å². The highest BCUT2D eigenvalue weighted by atomic mass is 16.5. The Morgan fingerprint density at radius 1 is 0.763 bits per heavy atom. The number of ketones is 1. The van der Waals surface area contributed by atoms with Gasteiger partial charge in [0.2, 0.25) is 11.8 Å². The van der Waals surface area contributed by atoms with Crippen LogP contribution in [0.25, 0.3) is 0 Å². The molecule has 9 rings (SSSR count). The third kappa shape index (κ3) is 5.74. The molecule has 6 atom stereocenters. The van der Waals surface area contributed by atoms with Gasteiger partial charge in [0.25, 0.3) is 11.8 Å². The van der Waals surface area contributed by atoms with Gasteiger partial charge in [0.15, 0.2) is 5.78 Å². The van der Waals surface area contributed by atoms with E-state index in [1.165, 1.54) is 25.2 Å². The van der Waals surface area contributed by atoms with Crippen molar-refractivity contribution in [2.24, 2.45) is 23.7 Å². The minimum Gasteiger partial charge on any atom is -0.507 e. The summed E-state index contributed by atoms with van der Waals surface area (Å²) in [5.41, 5.74) is 5.76. The van der Waals surface area contributed by atoms with Crippen molar-refractivity contribution in [3.8, 4) is 17.2 Å². The first-order valence-electron chi connectivity index (χ1n) is 19.6. The quantitative estimate of drug-likeness (QED) is 0.0906. The smallest absolute Gasteiger partial charge is 0.260 e. The monoisotopic (exact) mass is 787 g/mol. The molecule has 6 unspecified atom stereocenters. The predicted molar refractivity (Wildman–Crippen MR) is 219 cm³/mol. The maximum atomic E-state index is 15.5. The Morgan fingerprint density at radius 2 is 1.42 bits per heavy atom. The Labute approximate surface area is 340 Å². The number of fused-ring (bicyclic) bond motifs is 4. The van der Waals surface area contributed by atoms with Gasteiger partial charge in [-0.25, -0.2) is 0 Å². The molecule has 2 N–H and O–H groups in total. The summed E-state index contributed by atoms with van der Waals surface area (Å²) >= 11 is 0. The Bertz CT molecular complexity index is 2560. The van der Waals surface area contributed by atoms with E-state index in [0.29, 0.717) is 39.4 Å². The molecule has 11 heteroatoms. The zero-order chi connectivity index (χ0) is 41.2. The van der Waals surface area contributed by atoms with E-state index < -0.39 is 52.7 Å². The van der Waals surface area contributed by atoms with E-state index in [1.54, 1.807) is 66.7 Å². The number of anilines is 2. The van der Waals surface area contributed by atoms with Crippen molar-refractivity contribution in [2.75, 3.05) is 24.5 Å². The maximum absolute atomic E-state index is 15.5. The van der Waals surface area contributed by atoms with Crippen molar-refractivity contribution in [2.45, 2.75) is 31.1 Å². The number of aryl methyl sites for hydroxylation is 1. The molecule has 0 bridgehead atoms. The second-order valence-corrected chi connectivity index (χ2v) is 15.6. The average Bonchev–Trinajstić information content (AvgIpc) is 3.65. The molecule has 3 fully saturated rings. The molecule has 1 saturated carbocycles. The van der Waals surface area contributed by atoms with Crippen LogP contribution in [0.3, 0.4) is 0 Å². The molecule has 2 aliphatic heterocycles. The third-order valence-electron chi connectivity index (χ3n) is 12.7. The molecule has 5 aromatic carbocycles. The summed E-state index contributed by atoms with van der Waals surface area (Å²) in [4.78, 5) is 74.1. The number of allylic oxidation sites excluding steroid dienone is 2. The zero-order valence-electron chi connectivity index (χ0n) is 32.6. The Kier molecular flexibility index (Phi) is 9.18. The molecule has 0 radical (unpaired) electrons. The number of hydrogen-bond acceptors (Lipinski definition) is 9. The number of ether oxygens (including phenoxy) is 2. The summed E-state index contributed by atoms with van der Waals surface area (Å²) in [5.74, 6) is -6.03. The molecule has 296 valence electrons. The zero-order valence-corrected chi connectivity index (χ0v) is 32.6. The number of imide groups is 2. The van der Waals surface area contributed by atoms with Gasteiger partial charge in [0.05, 0.1) is 48.8 Å². The van der Waals surface area contributed by atoms with Crippen LogP contribution in [0, 0.1) is 30.6 Å². The summed E-state index contributed by atoms with van der Waals surface area (Å²) in [6.07, 6.45) is 2.18. The molecule has 2 saturated heterocycles. The van der Waals surface area contributed by atoms with E-state index in [0.717, 1.165) is 10.6 Å². The number of rotatable bonds is 9. The van der Waals surface area contributed by atoms with E-state index in [2.05, 4.69) is 5.43 Å². The highest BCUT2D eigenvalue weighted by Gasteiger charge is 2.71. The number of aromatic hydroxyl groups is 1. The summed E-state index contributed by atoms with van der Waals surface area (Å²) < 4.78 is 11.4. The lowest BCUT2D eigenvalue weighted by atomic mass is 9.49. The summed E-state index contributed by atoms with van der Waals surface area (Å²) in [6.45, 7) is 1.94. The maximum Gasteiger partial charge on any atom is 0.260 e. The minimum absolute atomic E-state index is 0.0751. The number of nitrogens with one attached hydrogen (secondary N) is 1. The summed E-state index contributed by atoms with van der Waals surface area (Å²) in [6, 6.07) is 34.8. The van der Waals surface area contributed by atoms with E-state index in [-0.39, 0.29) is 41.6 Å². The van der Waals surface area contributed by atoms with Crippen molar-refractivity contribution in [3.05, 3.63) is 161 Å². The molecule has 2 heterocycles. The Morgan fingerprint density at radius 3 is 2.08 bits per heavy atom. The van der Waals surface area contributed by atoms with Crippen LogP contribution in [0.2, 0.25) is 0 Å². The van der Waals surface area contributed by atoms with Gasteiger partial charge in [0, 0.05) is 34.7 Å². The Balaban J connectivity index is 1.18. The molecule has 4 aliphatic rings. The van der Waals surface area contributed by atoms with Crippen molar-refractivity contribution < 1.29 is 38.6 Å². The number of phenols is 1. The Hall–Kier alpha value is -7.01. The van der Waals surface area contributed by atoms with Crippen LogP contribution in [0.4, 0.5) is 11.4 Å². The first-order valence-corrected chi connectivity index (χ1v) is 19.6. The largest absolute Gasteiger partial charge is 0.507 e. The summed E-state index contributed by atoms with van der Waals surface area (Å²) in [5, 5.41) is 13.1. The van der Waals surface area contributed by atoms with E-state index in [1.807, 2.05) is 61.5 Å². The number of carbonyl (C=O) groups is 5. The number of hydrogen-bond donors (Lipinski definition) is 2. The van der Waals surface area contributed by atoms with Crippen molar-refractivity contribution in [3.63, 3.8) is 0 Å². The number of amides is 4. The van der Waals surface area contributed by atoms with Crippen LogP contribution in [0.1, 0.15) is 51.4 Å². The average molecular weight is 788 g/mol. The van der Waals surface area contributed by atoms with Crippen LogP contribution in [0.5, 0.6) is 17.2 Å². The SMILES string of the molecule is COc1cc(O)c(C2C3=CCC4C(=O)N(c5ccc(C(=O)c6ccccc6)cc5)C(=O)C4C3CC3C(=O)N(Nc4ccc(C)cc4)C(=O)C32c2ccccc2)c(OC)c1. The number of benzene rings is 5. The highest BCUT2D eigenvalue weighted by molar-refractivity contribution is 6.23. The second kappa shape index (κ2) is 14.4. The van der Waals surface area contributed by atoms with E-state index in [4.69, 9.17) is 9.47 Å². The molecule has 5 aromatic rings. The number of phenolic OH excluding ortho intramolecular Hbond substituents is 1. The molecule has 2 aliphatic carbocycles. The molecular formula is C48H41N3O8. The number of carbonyl (C=O) groups excluding carboxylic acids is 5. The fourth-order valence-electron chi connectivity index (χ4n) is 10.00. The first-order chi connectivity index (χ1) is 28.6. The number of methoxy groups -OCH3 is 2. The molecule has 0 aromatic heterocycles. The van der Waals surface area contributed by atoms with Gasteiger partial charge in [-0.2, -0.15) is 5.01 Å². The van der Waals surface area contributed by atoms with E-state index in [9.17, 15) is 19.5 Å². The summed E-state index contributed by atoms with van der Waals surface area (Å²) in [7, 11) is 2.92. The van der Waals surface area contributed by atoms with Crippen LogP contribution < -0.4 is 19.8 Å². The fourth-order valence-corrected chi connectivity index (χ4v) is 10.00. The molecular weight excluding hydrogens is 747 g/mol. The van der Waals surface area contributed by atoms with Gasteiger partial charge in [-0.3, -0.25) is 34.3 Å². The molecule has 11 nitrogen and oxygen atoms in total. The first kappa shape index (κ1) is 37.6. The van der Waals surface area contributed by atoms with Crippen LogP contribution in [0.15, 0.2) is 133 Å². The van der Waals surface area contributed by atoms with Gasteiger partial charge < -0.3 is 14.6 Å². The molecule has 4 amide bonds. The lowest BCUT2D eigenvalue weighted by Crippen LogP contribution is -2.53. The van der Waals surface area contributed by atoms with Gasteiger partial charge in [-0.1, -0.05) is 90.0 Å². The van der Waals surface area contributed by atoms with Gasteiger partial charge >= 0.3 is 0 Å². The van der Waals surface area contributed by atoms with E-state index >= 15 is 9.59 Å². The number of hydrazine groups is 1. The number of nitrogens with zero attached hydrogens (tertiary/aromatic N) is 2. The van der Waals surface area contributed by atoms with Crippen LogP contribution >= 0.6 is 0 Å². The van der Waals surface area contributed by atoms with Crippen LogP contribution in [-0.4, -0.2) is 53.7 Å². The minimum atomic E-state index is -1.61. The lowest BCUT2D eigenvalue weighted by molar-refractivity contribution is -0.138. The highest BCUT2D eigenvalue weighted by Crippen LogP contribution is 2.66. The van der Waals surface area contributed by atoms with Crippen molar-refractivity contribution in [1.82, 2.24) is 5.01 Å². The fraction of sp³-hybridized carbons (Fsp3) is 0.229. The topological polar surface area (TPSA) is 143 Å². The third-order valence-corrected chi connectivity index (χ3v) is 12.7. The lowest BCUT2D eigenvalue weighted by Gasteiger charge is -2.50. The van der Waals surface area contributed by atoms with Crippen molar-refractivity contribution >= 4 is 40.8 Å². The normalized spacial score (nSPS) is 24.6. The second-order valence-electron chi connectivity index (χ2n) is 15.6. The van der Waals surface area contributed by atoms with Gasteiger partial charge in [0.1, 0.15) is 17.2 Å². The predicted octanol–water partition coefficient (Wildman–Crippen LogP) is 7.14.